The van der Waals surface area contributed by atoms with Crippen molar-refractivity contribution in [3.63, 3.8) is 0 Å². The molecule has 0 bridgehead atoms. The first kappa shape index (κ1) is 23.9. The number of nitro groups is 1. The summed E-state index contributed by atoms with van der Waals surface area (Å²) in [7, 11) is 1.36. The molecule has 0 N–H and O–H groups in total. The summed E-state index contributed by atoms with van der Waals surface area (Å²) in [6.45, 7) is 3.78. The summed E-state index contributed by atoms with van der Waals surface area (Å²) in [5, 5.41) is 16.3. The van der Waals surface area contributed by atoms with E-state index in [4.69, 9.17) is 15.9 Å². The normalized spacial score (nSPS) is 12.0. The van der Waals surface area contributed by atoms with E-state index < -0.39 is 4.92 Å². The molecule has 1 aromatic heterocycles. The number of ether oxygens (including phenoxy) is 2. The molecule has 0 unspecified atom stereocenters. The van der Waals surface area contributed by atoms with Gasteiger partial charge in [0.05, 0.1) is 29.2 Å². The monoisotopic (exact) mass is 512 g/mol. The molecule has 0 amide bonds. The second kappa shape index (κ2) is 10.3. The van der Waals surface area contributed by atoms with E-state index in [1.807, 2.05) is 19.9 Å². The third-order valence-electron chi connectivity index (χ3n) is 4.98. The van der Waals surface area contributed by atoms with Crippen LogP contribution >= 0.6 is 15.9 Å². The molecule has 10 heteroatoms. The smallest absolute Gasteiger partial charge is 0.315 e. The van der Waals surface area contributed by atoms with Gasteiger partial charge in [0.1, 0.15) is 12.4 Å². The van der Waals surface area contributed by atoms with Crippen molar-refractivity contribution in [2.45, 2.75) is 26.2 Å². The lowest BCUT2D eigenvalue weighted by molar-refractivity contribution is -0.385. The summed E-state index contributed by atoms with van der Waals surface area (Å²) in [6.07, 6.45) is 7.29. The molecule has 3 rings (SSSR count). The second-order valence-electron chi connectivity index (χ2n) is 7.12. The molecule has 3 aromatic rings. The Labute approximate surface area is 198 Å². The Morgan fingerprint density at radius 1 is 1.39 bits per heavy atom. The summed E-state index contributed by atoms with van der Waals surface area (Å²) < 4.78 is 12.5. The number of methoxy groups -OCH3 is 1. The zero-order valence-electron chi connectivity index (χ0n) is 18.2. The third-order valence-corrected chi connectivity index (χ3v) is 5.48. The summed E-state index contributed by atoms with van der Waals surface area (Å²) in [5.74, 6) is 2.75. The topological polar surface area (TPSA) is 109 Å². The van der Waals surface area contributed by atoms with Crippen molar-refractivity contribution in [1.29, 1.82) is 0 Å². The lowest BCUT2D eigenvalue weighted by atomic mass is 10.1. The maximum atomic E-state index is 13.2. The number of aromatic nitrogens is 2. The van der Waals surface area contributed by atoms with Gasteiger partial charge in [-0.25, -0.2) is 4.98 Å². The largest absolute Gasteiger partial charge is 0.493 e. The fourth-order valence-corrected chi connectivity index (χ4v) is 3.49. The van der Waals surface area contributed by atoms with E-state index >= 15 is 0 Å². The molecule has 1 atom stereocenters. The number of hydrogen-bond acceptors (Lipinski definition) is 7. The maximum absolute atomic E-state index is 13.2. The number of rotatable bonds is 8. The van der Waals surface area contributed by atoms with Gasteiger partial charge in [-0.2, -0.15) is 9.78 Å². The quantitative estimate of drug-likeness (QED) is 0.190. The van der Waals surface area contributed by atoms with Crippen LogP contribution in [0.15, 0.2) is 44.7 Å². The van der Waals surface area contributed by atoms with Gasteiger partial charge in [0.15, 0.2) is 5.75 Å². The van der Waals surface area contributed by atoms with Gasteiger partial charge in [-0.1, -0.05) is 35.7 Å². The summed E-state index contributed by atoms with van der Waals surface area (Å²) in [4.78, 5) is 28.9. The molecule has 0 aliphatic rings. The fraction of sp³-hybridized carbons (Fsp3) is 0.261. The van der Waals surface area contributed by atoms with Crippen molar-refractivity contribution >= 4 is 38.7 Å². The van der Waals surface area contributed by atoms with Crippen molar-refractivity contribution < 1.29 is 14.4 Å². The van der Waals surface area contributed by atoms with Crippen LogP contribution < -0.4 is 15.0 Å². The van der Waals surface area contributed by atoms with Crippen LogP contribution in [0.1, 0.15) is 37.6 Å². The summed E-state index contributed by atoms with van der Waals surface area (Å²) >= 11 is 3.37. The zero-order valence-corrected chi connectivity index (χ0v) is 19.8. The zero-order chi connectivity index (χ0) is 24.1. The van der Waals surface area contributed by atoms with Crippen LogP contribution in [0.2, 0.25) is 0 Å². The number of nitro benzene ring substituents is 1. The van der Waals surface area contributed by atoms with E-state index in [1.165, 1.54) is 30.1 Å². The van der Waals surface area contributed by atoms with Crippen LogP contribution in [0.5, 0.6) is 11.5 Å². The number of nitrogens with zero attached hydrogens (tertiary/aromatic N) is 4. The third kappa shape index (κ3) is 5.04. The van der Waals surface area contributed by atoms with Crippen LogP contribution in [-0.4, -0.2) is 34.5 Å². The number of benzene rings is 2. The number of halogens is 1. The molecule has 9 nitrogen and oxygen atoms in total. The highest BCUT2D eigenvalue weighted by Crippen LogP contribution is 2.38. The lowest BCUT2D eigenvalue weighted by Crippen LogP contribution is -2.23. The molecule has 0 aliphatic heterocycles. The second-order valence-corrected chi connectivity index (χ2v) is 8.04. The standard InChI is InChI=1S/C23H21BrN4O5/c1-5-9-33-21-19(28(30)31)10-15(11-20(21)32-4)13-25-27-22(14(3)6-2)26-18-8-7-16(24)12-17(18)23(27)29/h1,7-8,10-14H,6,9H2,2-4H3/t14-/m1/s1. The van der Waals surface area contributed by atoms with Gasteiger partial charge in [0.2, 0.25) is 5.75 Å². The average molecular weight is 513 g/mol. The van der Waals surface area contributed by atoms with Gasteiger partial charge in [0, 0.05) is 22.0 Å². The first-order chi connectivity index (χ1) is 15.8. The maximum Gasteiger partial charge on any atom is 0.315 e. The van der Waals surface area contributed by atoms with Gasteiger partial charge < -0.3 is 9.47 Å². The highest BCUT2D eigenvalue weighted by Gasteiger charge is 2.22. The molecule has 0 fully saturated rings. The Kier molecular flexibility index (Phi) is 7.45. The molecule has 33 heavy (non-hydrogen) atoms. The minimum absolute atomic E-state index is 0.0497. The summed E-state index contributed by atoms with van der Waals surface area (Å²) in [6, 6.07) is 8.06. The fourth-order valence-electron chi connectivity index (χ4n) is 3.13. The summed E-state index contributed by atoms with van der Waals surface area (Å²) in [5.41, 5.74) is 0.227. The number of terminal acetylenes is 1. The predicted octanol–water partition coefficient (Wildman–Crippen LogP) is 4.48. The van der Waals surface area contributed by atoms with E-state index in [0.717, 1.165) is 10.9 Å². The highest BCUT2D eigenvalue weighted by molar-refractivity contribution is 9.10. The number of hydrogen-bond donors (Lipinski definition) is 0. The Balaban J connectivity index is 2.18. The van der Waals surface area contributed by atoms with Crippen molar-refractivity contribution in [3.05, 3.63) is 66.7 Å². The Bertz CT molecular complexity index is 1340. The van der Waals surface area contributed by atoms with Gasteiger partial charge in [-0.05, 0) is 30.7 Å². The van der Waals surface area contributed by atoms with Crippen molar-refractivity contribution in [3.8, 4) is 23.8 Å². The molecule has 0 aliphatic carbocycles. The molecule has 0 saturated heterocycles. The van der Waals surface area contributed by atoms with E-state index in [0.29, 0.717) is 22.3 Å². The number of fused-ring (bicyclic) bond motifs is 1. The van der Waals surface area contributed by atoms with Crippen molar-refractivity contribution in [2.75, 3.05) is 13.7 Å². The van der Waals surface area contributed by atoms with Crippen molar-refractivity contribution in [1.82, 2.24) is 9.66 Å². The van der Waals surface area contributed by atoms with Crippen molar-refractivity contribution in [2.24, 2.45) is 5.10 Å². The van der Waals surface area contributed by atoms with E-state index in [1.54, 1.807) is 12.1 Å². The molecular weight excluding hydrogens is 492 g/mol. The highest BCUT2D eigenvalue weighted by atomic mass is 79.9. The Hall–Kier alpha value is -3.71. The molecule has 0 saturated carbocycles. The first-order valence-electron chi connectivity index (χ1n) is 9.99. The SMILES string of the molecule is C#CCOc1c(OC)cc(C=Nn2c([C@H](C)CC)nc3ccc(Br)cc3c2=O)cc1[N+](=O)[O-]. The van der Waals surface area contributed by atoms with Crippen LogP contribution in [0.3, 0.4) is 0 Å². The minimum atomic E-state index is -0.600. The Morgan fingerprint density at radius 3 is 2.79 bits per heavy atom. The molecule has 170 valence electrons. The van der Waals surface area contributed by atoms with Crippen LogP contribution in [0.4, 0.5) is 5.69 Å². The van der Waals surface area contributed by atoms with Gasteiger partial charge in [-0.15, -0.1) is 6.42 Å². The lowest BCUT2D eigenvalue weighted by Gasteiger charge is -2.14. The molecule has 1 heterocycles. The van der Waals surface area contributed by atoms with Gasteiger partial charge >= 0.3 is 5.69 Å². The van der Waals surface area contributed by atoms with Gasteiger partial charge in [-0.3, -0.25) is 14.9 Å². The van der Waals surface area contributed by atoms with E-state index in [9.17, 15) is 14.9 Å². The van der Waals surface area contributed by atoms with Crippen LogP contribution in [0.25, 0.3) is 10.9 Å². The van der Waals surface area contributed by atoms with E-state index in [-0.39, 0.29) is 35.3 Å². The Morgan fingerprint density at radius 2 is 2.15 bits per heavy atom. The molecule has 2 aromatic carbocycles. The first-order valence-corrected chi connectivity index (χ1v) is 10.8. The van der Waals surface area contributed by atoms with E-state index in [2.05, 4.69) is 31.9 Å². The predicted molar refractivity (Wildman–Crippen MR) is 129 cm³/mol. The molecule has 0 spiro atoms. The molecule has 0 radical (unpaired) electrons. The van der Waals surface area contributed by atoms with Crippen LogP contribution in [-0.2, 0) is 0 Å². The van der Waals surface area contributed by atoms with Gasteiger partial charge in [0.25, 0.3) is 5.56 Å². The average Bonchev–Trinajstić information content (AvgIpc) is 2.81. The minimum Gasteiger partial charge on any atom is -0.493 e. The van der Waals surface area contributed by atoms with Crippen LogP contribution in [0, 0.1) is 22.5 Å². The molecular formula is C23H21BrN4O5.